The number of nitrogens with zero attached hydrogens (tertiary/aromatic N) is 3. The van der Waals surface area contributed by atoms with Crippen LogP contribution in [-0.4, -0.2) is 47.2 Å². The van der Waals surface area contributed by atoms with E-state index in [1.54, 1.807) is 6.20 Å². The van der Waals surface area contributed by atoms with Gasteiger partial charge in [-0.1, -0.05) is 0 Å². The summed E-state index contributed by atoms with van der Waals surface area (Å²) in [5.41, 5.74) is 3.15. The molecule has 0 spiro atoms. The minimum atomic E-state index is 0.139. The third-order valence-electron chi connectivity index (χ3n) is 5.02. The van der Waals surface area contributed by atoms with Gasteiger partial charge in [0.2, 0.25) is 0 Å². The lowest BCUT2D eigenvalue weighted by molar-refractivity contribution is 0.0790. The van der Waals surface area contributed by atoms with Crippen molar-refractivity contribution in [3.05, 3.63) is 47.8 Å². The van der Waals surface area contributed by atoms with Crippen molar-refractivity contribution in [1.82, 2.24) is 15.1 Å². The highest BCUT2D eigenvalue weighted by Crippen LogP contribution is 2.27. The maximum atomic E-state index is 12.7. The van der Waals surface area contributed by atoms with Gasteiger partial charge in [-0.05, 0) is 49.6 Å². The van der Waals surface area contributed by atoms with Gasteiger partial charge in [-0.25, -0.2) is 0 Å². The Bertz CT molecular complexity index is 659. The van der Waals surface area contributed by atoms with Crippen molar-refractivity contribution in [2.45, 2.75) is 25.2 Å². The number of likely N-dealkylation sites (tertiary alicyclic amines) is 1. The van der Waals surface area contributed by atoms with E-state index in [0.717, 1.165) is 43.9 Å². The topological polar surface area (TPSA) is 52.2 Å². The number of amides is 1. The predicted octanol–water partition coefficient (Wildman–Crippen LogP) is 2.64. The monoisotopic (exact) mass is 310 g/mol. The van der Waals surface area contributed by atoms with Gasteiger partial charge in [-0.15, -0.1) is 0 Å². The molecule has 5 nitrogen and oxygen atoms in total. The lowest BCUT2D eigenvalue weighted by atomic mass is 10.1. The summed E-state index contributed by atoms with van der Waals surface area (Å²) in [5, 5.41) is 7.03. The van der Waals surface area contributed by atoms with Gasteiger partial charge in [0.25, 0.3) is 5.91 Å². The number of carbonyl (C=O) groups is 1. The largest absolute Gasteiger partial charge is 0.372 e. The van der Waals surface area contributed by atoms with Crippen LogP contribution in [0.15, 0.2) is 36.5 Å². The first-order chi connectivity index (χ1) is 11.3. The molecule has 0 unspecified atom stereocenters. The molecule has 1 atom stereocenters. The summed E-state index contributed by atoms with van der Waals surface area (Å²) in [5.74, 6) is 0.519. The van der Waals surface area contributed by atoms with Crippen LogP contribution in [0.25, 0.3) is 0 Å². The number of aromatic nitrogens is 2. The number of anilines is 1. The van der Waals surface area contributed by atoms with Crippen LogP contribution in [0.2, 0.25) is 0 Å². The molecular formula is C18H22N4O. The highest BCUT2D eigenvalue weighted by atomic mass is 16.2. The molecule has 1 N–H and O–H groups in total. The summed E-state index contributed by atoms with van der Waals surface area (Å²) >= 11 is 0. The van der Waals surface area contributed by atoms with Crippen LogP contribution in [-0.2, 0) is 0 Å². The number of nitrogens with one attached hydrogen (secondary N) is 1. The maximum Gasteiger partial charge on any atom is 0.253 e. The van der Waals surface area contributed by atoms with Crippen molar-refractivity contribution < 1.29 is 4.79 Å². The van der Waals surface area contributed by atoms with Crippen LogP contribution in [0.5, 0.6) is 0 Å². The van der Waals surface area contributed by atoms with E-state index in [0.29, 0.717) is 5.92 Å². The molecule has 2 fully saturated rings. The van der Waals surface area contributed by atoms with Crippen LogP contribution in [0.1, 0.15) is 41.2 Å². The van der Waals surface area contributed by atoms with Crippen LogP contribution in [0, 0.1) is 0 Å². The number of rotatable bonds is 3. The summed E-state index contributed by atoms with van der Waals surface area (Å²) in [6.07, 6.45) is 5.31. The van der Waals surface area contributed by atoms with E-state index < -0.39 is 0 Å². The first-order valence-corrected chi connectivity index (χ1v) is 8.45. The lowest BCUT2D eigenvalue weighted by Crippen LogP contribution is -2.28. The molecule has 1 aromatic heterocycles. The molecule has 5 heteroatoms. The molecule has 0 bridgehead atoms. The minimum Gasteiger partial charge on any atom is -0.372 e. The summed E-state index contributed by atoms with van der Waals surface area (Å²) in [6.45, 7) is 3.85. The van der Waals surface area contributed by atoms with Crippen molar-refractivity contribution in [2.75, 3.05) is 31.1 Å². The van der Waals surface area contributed by atoms with Gasteiger partial charge in [-0.3, -0.25) is 9.89 Å². The number of hydrogen-bond acceptors (Lipinski definition) is 3. The molecule has 1 amide bonds. The van der Waals surface area contributed by atoms with E-state index in [1.165, 1.54) is 18.5 Å². The van der Waals surface area contributed by atoms with Gasteiger partial charge >= 0.3 is 0 Å². The van der Waals surface area contributed by atoms with E-state index in [9.17, 15) is 4.79 Å². The van der Waals surface area contributed by atoms with Crippen molar-refractivity contribution in [3.8, 4) is 0 Å². The molecule has 0 aliphatic carbocycles. The van der Waals surface area contributed by atoms with Gasteiger partial charge in [0.1, 0.15) is 0 Å². The average molecular weight is 310 g/mol. The van der Waals surface area contributed by atoms with E-state index in [4.69, 9.17) is 0 Å². The second kappa shape index (κ2) is 6.07. The second-order valence-corrected chi connectivity index (χ2v) is 6.49. The Morgan fingerprint density at radius 1 is 1.09 bits per heavy atom. The third kappa shape index (κ3) is 2.83. The van der Waals surface area contributed by atoms with Crippen molar-refractivity contribution in [2.24, 2.45) is 0 Å². The zero-order chi connectivity index (χ0) is 15.6. The quantitative estimate of drug-likeness (QED) is 0.948. The standard InChI is InChI=1S/C18H22N4O/c23-18(22-12-8-15(13-22)17-7-9-19-20-17)14-3-5-16(6-4-14)21-10-1-2-11-21/h3-7,9,15H,1-2,8,10-13H2,(H,19,20)/t15-/m0/s1. The van der Waals surface area contributed by atoms with Crippen molar-refractivity contribution in [1.29, 1.82) is 0 Å². The predicted molar refractivity (Wildman–Crippen MR) is 89.7 cm³/mol. The van der Waals surface area contributed by atoms with E-state index in [-0.39, 0.29) is 5.91 Å². The lowest BCUT2D eigenvalue weighted by Gasteiger charge is -2.19. The fourth-order valence-corrected chi connectivity index (χ4v) is 3.67. The average Bonchev–Trinajstić information content (AvgIpc) is 3.36. The molecule has 2 aliphatic rings. The van der Waals surface area contributed by atoms with Gasteiger partial charge in [0, 0.05) is 55.2 Å². The van der Waals surface area contributed by atoms with Crippen LogP contribution < -0.4 is 4.90 Å². The highest BCUT2D eigenvalue weighted by Gasteiger charge is 2.28. The zero-order valence-corrected chi connectivity index (χ0v) is 13.2. The second-order valence-electron chi connectivity index (χ2n) is 6.49. The molecule has 3 heterocycles. The highest BCUT2D eigenvalue weighted by molar-refractivity contribution is 5.94. The number of H-pyrrole nitrogens is 1. The molecule has 23 heavy (non-hydrogen) atoms. The normalized spacial score (nSPS) is 21.1. The molecule has 2 saturated heterocycles. The molecular weight excluding hydrogens is 288 g/mol. The van der Waals surface area contributed by atoms with Gasteiger partial charge in [0.05, 0.1) is 0 Å². The fraction of sp³-hybridized carbons (Fsp3) is 0.444. The Kier molecular flexibility index (Phi) is 3.77. The Morgan fingerprint density at radius 2 is 1.87 bits per heavy atom. The Balaban J connectivity index is 1.43. The molecule has 2 aliphatic heterocycles. The number of hydrogen-bond donors (Lipinski definition) is 1. The van der Waals surface area contributed by atoms with E-state index >= 15 is 0 Å². The molecule has 120 valence electrons. The maximum absolute atomic E-state index is 12.7. The van der Waals surface area contributed by atoms with Gasteiger partial charge in [-0.2, -0.15) is 5.10 Å². The summed E-state index contributed by atoms with van der Waals surface area (Å²) in [4.78, 5) is 17.0. The third-order valence-corrected chi connectivity index (χ3v) is 5.02. The van der Waals surface area contributed by atoms with Gasteiger partial charge < -0.3 is 9.80 Å². The first-order valence-electron chi connectivity index (χ1n) is 8.45. The minimum absolute atomic E-state index is 0.139. The summed E-state index contributed by atoms with van der Waals surface area (Å²) in [6, 6.07) is 10.1. The fourth-order valence-electron chi connectivity index (χ4n) is 3.67. The first kappa shape index (κ1) is 14.3. The number of aromatic amines is 1. The van der Waals surface area contributed by atoms with E-state index in [2.05, 4.69) is 27.2 Å². The molecule has 1 aromatic carbocycles. The van der Waals surface area contributed by atoms with Gasteiger partial charge in [0.15, 0.2) is 0 Å². The molecule has 0 saturated carbocycles. The number of benzene rings is 1. The Hall–Kier alpha value is -2.30. The zero-order valence-electron chi connectivity index (χ0n) is 13.2. The number of carbonyl (C=O) groups excluding carboxylic acids is 1. The van der Waals surface area contributed by atoms with Crippen molar-refractivity contribution in [3.63, 3.8) is 0 Å². The molecule has 0 radical (unpaired) electrons. The van der Waals surface area contributed by atoms with Crippen LogP contribution >= 0.6 is 0 Å². The molecule has 4 rings (SSSR count). The van der Waals surface area contributed by atoms with Crippen LogP contribution in [0.3, 0.4) is 0 Å². The Morgan fingerprint density at radius 3 is 2.57 bits per heavy atom. The van der Waals surface area contributed by atoms with Crippen LogP contribution in [0.4, 0.5) is 5.69 Å². The Labute approximate surface area is 136 Å². The SMILES string of the molecule is O=C(c1ccc(N2CCCC2)cc1)N1CC[C@H](c2ccn[nH]2)C1. The summed E-state index contributed by atoms with van der Waals surface area (Å²) in [7, 11) is 0. The summed E-state index contributed by atoms with van der Waals surface area (Å²) < 4.78 is 0. The van der Waals surface area contributed by atoms with E-state index in [1.807, 2.05) is 23.1 Å². The smallest absolute Gasteiger partial charge is 0.253 e. The molecule has 2 aromatic rings. The van der Waals surface area contributed by atoms with Crippen molar-refractivity contribution >= 4 is 11.6 Å².